The van der Waals surface area contributed by atoms with Gasteiger partial charge in [-0.25, -0.2) is 0 Å². The smallest absolute Gasteiger partial charge is 0.194 e. The third-order valence-corrected chi connectivity index (χ3v) is 3.80. The summed E-state index contributed by atoms with van der Waals surface area (Å²) in [6.45, 7) is 13.3. The monoisotopic (exact) mass is 495 g/mol. The van der Waals surface area contributed by atoms with Crippen LogP contribution in [0.2, 0.25) is 0 Å². The Hall–Kier alpha value is -0.870. The van der Waals surface area contributed by atoms with E-state index in [2.05, 4.69) is 54.2 Å². The van der Waals surface area contributed by atoms with Crippen LogP contribution in [0.25, 0.3) is 0 Å². The third kappa shape index (κ3) is 9.75. The number of nitrogens with zero attached hydrogens (tertiary/aromatic N) is 4. The van der Waals surface area contributed by atoms with Gasteiger partial charge in [0.2, 0.25) is 0 Å². The Morgan fingerprint density at radius 2 is 2.00 bits per heavy atom. The largest absolute Gasteiger partial charge is 0.389 e. The quantitative estimate of drug-likeness (QED) is 0.297. The van der Waals surface area contributed by atoms with Crippen LogP contribution in [0.3, 0.4) is 0 Å². The summed E-state index contributed by atoms with van der Waals surface area (Å²) >= 11 is 0. The zero-order valence-electron chi connectivity index (χ0n) is 17.9. The SMILES string of the molecule is CCNC(=NCC(O)COCC(C)C)N(C)Cc1cn(C)nc1C(C)C.I. The second-order valence-electron chi connectivity index (χ2n) is 7.50. The molecule has 1 aromatic rings. The number of guanidine groups is 1. The highest BCUT2D eigenvalue weighted by atomic mass is 127. The van der Waals surface area contributed by atoms with Crippen LogP contribution in [0.4, 0.5) is 0 Å². The zero-order valence-corrected chi connectivity index (χ0v) is 20.2. The molecule has 1 atom stereocenters. The van der Waals surface area contributed by atoms with Crippen molar-refractivity contribution in [1.82, 2.24) is 20.0 Å². The molecule has 0 saturated carbocycles. The van der Waals surface area contributed by atoms with E-state index in [1.54, 1.807) is 0 Å². The molecule has 0 aliphatic carbocycles. The molecule has 0 aliphatic rings. The van der Waals surface area contributed by atoms with Gasteiger partial charge < -0.3 is 20.1 Å². The lowest BCUT2D eigenvalue weighted by atomic mass is 10.1. The number of hydrogen-bond acceptors (Lipinski definition) is 4. The number of hydrogen-bond donors (Lipinski definition) is 2. The van der Waals surface area contributed by atoms with E-state index >= 15 is 0 Å². The van der Waals surface area contributed by atoms with Gasteiger partial charge in [0.25, 0.3) is 0 Å². The molecule has 27 heavy (non-hydrogen) atoms. The van der Waals surface area contributed by atoms with Crippen LogP contribution in [0.5, 0.6) is 0 Å². The number of aryl methyl sites for hydroxylation is 1. The van der Waals surface area contributed by atoms with E-state index in [0.717, 1.165) is 18.2 Å². The van der Waals surface area contributed by atoms with Crippen molar-refractivity contribution >= 4 is 29.9 Å². The van der Waals surface area contributed by atoms with Gasteiger partial charge in [0.1, 0.15) is 0 Å². The number of aliphatic hydroxyl groups excluding tert-OH is 1. The molecule has 158 valence electrons. The van der Waals surface area contributed by atoms with Crippen LogP contribution >= 0.6 is 24.0 Å². The van der Waals surface area contributed by atoms with Crippen LogP contribution < -0.4 is 5.32 Å². The number of ether oxygens (including phenoxy) is 1. The standard InChI is InChI=1S/C19H37N5O2.HI/c1-8-20-19(21-9-17(25)13-26-12-14(2)3)23(6)10-16-11-24(7)22-18(16)15(4)5;/h11,14-15,17,25H,8-10,12-13H2,1-7H3,(H,20,21);1H. The Morgan fingerprint density at radius 3 is 2.56 bits per heavy atom. The summed E-state index contributed by atoms with van der Waals surface area (Å²) in [5, 5.41) is 17.9. The van der Waals surface area contributed by atoms with E-state index < -0.39 is 6.10 Å². The summed E-state index contributed by atoms with van der Waals surface area (Å²) in [5.41, 5.74) is 2.30. The van der Waals surface area contributed by atoms with Crippen molar-refractivity contribution in [2.45, 2.75) is 53.2 Å². The van der Waals surface area contributed by atoms with Crippen molar-refractivity contribution in [3.8, 4) is 0 Å². The maximum atomic E-state index is 10.1. The van der Waals surface area contributed by atoms with Gasteiger partial charge in [0.15, 0.2) is 5.96 Å². The fourth-order valence-corrected chi connectivity index (χ4v) is 2.65. The van der Waals surface area contributed by atoms with Crippen molar-refractivity contribution in [2.24, 2.45) is 18.0 Å². The Labute approximate surface area is 181 Å². The molecule has 0 fully saturated rings. The molecule has 7 nitrogen and oxygen atoms in total. The second-order valence-corrected chi connectivity index (χ2v) is 7.50. The molecule has 1 unspecified atom stereocenters. The molecule has 1 aromatic heterocycles. The lowest BCUT2D eigenvalue weighted by molar-refractivity contribution is 0.0300. The molecular formula is C19H38IN5O2. The maximum absolute atomic E-state index is 10.1. The van der Waals surface area contributed by atoms with Crippen LogP contribution in [-0.2, 0) is 18.3 Å². The summed E-state index contributed by atoms with van der Waals surface area (Å²) in [5.74, 6) is 1.61. The number of rotatable bonds is 10. The van der Waals surface area contributed by atoms with E-state index in [9.17, 15) is 5.11 Å². The molecule has 0 aromatic carbocycles. The van der Waals surface area contributed by atoms with Gasteiger partial charge in [0, 0.05) is 45.6 Å². The first-order valence-electron chi connectivity index (χ1n) is 9.52. The minimum Gasteiger partial charge on any atom is -0.389 e. The summed E-state index contributed by atoms with van der Waals surface area (Å²) in [6.07, 6.45) is 1.46. The van der Waals surface area contributed by atoms with Crippen molar-refractivity contribution in [1.29, 1.82) is 0 Å². The molecule has 0 aliphatic heterocycles. The highest BCUT2D eigenvalue weighted by molar-refractivity contribution is 14.0. The average Bonchev–Trinajstić information content (AvgIpc) is 2.91. The second kappa shape index (κ2) is 13.3. The fourth-order valence-electron chi connectivity index (χ4n) is 2.65. The lowest BCUT2D eigenvalue weighted by Gasteiger charge is -2.23. The highest BCUT2D eigenvalue weighted by Gasteiger charge is 2.15. The molecule has 0 amide bonds. The van der Waals surface area contributed by atoms with Crippen LogP contribution in [0.15, 0.2) is 11.2 Å². The van der Waals surface area contributed by atoms with Gasteiger partial charge in [-0.2, -0.15) is 5.10 Å². The van der Waals surface area contributed by atoms with Gasteiger partial charge in [0.05, 0.1) is 24.9 Å². The molecule has 8 heteroatoms. The summed E-state index contributed by atoms with van der Waals surface area (Å²) in [6, 6.07) is 0. The third-order valence-electron chi connectivity index (χ3n) is 3.80. The number of nitrogens with one attached hydrogen (secondary N) is 1. The predicted octanol–water partition coefficient (Wildman–Crippen LogP) is 2.59. The van der Waals surface area contributed by atoms with Gasteiger partial charge in [-0.05, 0) is 18.8 Å². The van der Waals surface area contributed by atoms with E-state index in [4.69, 9.17) is 4.74 Å². The number of aromatic nitrogens is 2. The topological polar surface area (TPSA) is 74.9 Å². The van der Waals surface area contributed by atoms with E-state index in [1.165, 1.54) is 5.56 Å². The summed E-state index contributed by atoms with van der Waals surface area (Å²) in [7, 11) is 3.95. The summed E-state index contributed by atoms with van der Waals surface area (Å²) in [4.78, 5) is 6.63. The Morgan fingerprint density at radius 1 is 1.33 bits per heavy atom. The first-order chi connectivity index (χ1) is 12.2. The van der Waals surface area contributed by atoms with Gasteiger partial charge in [-0.1, -0.05) is 27.7 Å². The molecule has 0 radical (unpaired) electrons. The van der Waals surface area contributed by atoms with Crippen molar-refractivity contribution in [3.63, 3.8) is 0 Å². The summed E-state index contributed by atoms with van der Waals surface area (Å²) < 4.78 is 7.35. The minimum atomic E-state index is -0.597. The van der Waals surface area contributed by atoms with E-state index in [1.807, 2.05) is 25.7 Å². The molecular weight excluding hydrogens is 457 g/mol. The van der Waals surface area contributed by atoms with Gasteiger partial charge in [-0.15, -0.1) is 24.0 Å². The molecule has 0 spiro atoms. The van der Waals surface area contributed by atoms with Gasteiger partial charge in [-0.3, -0.25) is 9.67 Å². The molecule has 2 N–H and O–H groups in total. The normalized spacial score (nSPS) is 13.0. The van der Waals surface area contributed by atoms with E-state index in [0.29, 0.717) is 38.1 Å². The maximum Gasteiger partial charge on any atom is 0.194 e. The van der Waals surface area contributed by atoms with Crippen molar-refractivity contribution in [3.05, 3.63) is 17.5 Å². The van der Waals surface area contributed by atoms with Crippen molar-refractivity contribution in [2.75, 3.05) is 33.4 Å². The number of aliphatic imine (C=N–C) groups is 1. The first kappa shape index (κ1) is 26.1. The van der Waals surface area contributed by atoms with Crippen LogP contribution in [0.1, 0.15) is 51.8 Å². The highest BCUT2D eigenvalue weighted by Crippen LogP contribution is 2.18. The molecule has 1 heterocycles. The fraction of sp³-hybridized carbons (Fsp3) is 0.789. The van der Waals surface area contributed by atoms with Gasteiger partial charge >= 0.3 is 0 Å². The molecule has 1 rings (SSSR count). The lowest BCUT2D eigenvalue weighted by Crippen LogP contribution is -2.39. The molecule has 0 bridgehead atoms. The Bertz CT molecular complexity index is 560. The van der Waals surface area contributed by atoms with Crippen LogP contribution in [0, 0.1) is 5.92 Å². The number of halogens is 1. The average molecular weight is 495 g/mol. The molecule has 0 saturated heterocycles. The van der Waals surface area contributed by atoms with Crippen LogP contribution in [-0.4, -0.2) is 65.2 Å². The predicted molar refractivity (Wildman–Crippen MR) is 122 cm³/mol. The van der Waals surface area contributed by atoms with Crippen molar-refractivity contribution < 1.29 is 9.84 Å². The Balaban J connectivity index is 0.00000676. The minimum absolute atomic E-state index is 0. The Kier molecular flexibility index (Phi) is 12.9. The number of aliphatic hydroxyl groups is 1. The van der Waals surface area contributed by atoms with E-state index in [-0.39, 0.29) is 24.0 Å². The first-order valence-corrected chi connectivity index (χ1v) is 9.52. The zero-order chi connectivity index (χ0) is 19.7.